The van der Waals surface area contributed by atoms with E-state index in [0.29, 0.717) is 12.8 Å². The molecule has 0 aromatic heterocycles. The molecule has 2 rings (SSSR count). The van der Waals surface area contributed by atoms with E-state index in [0.717, 1.165) is 24.5 Å². The highest BCUT2D eigenvalue weighted by Gasteiger charge is 2.58. The van der Waals surface area contributed by atoms with E-state index in [1.165, 1.54) is 0 Å². The third-order valence-electron chi connectivity index (χ3n) is 6.28. The van der Waals surface area contributed by atoms with Gasteiger partial charge in [0.1, 0.15) is 0 Å². The molecule has 1 saturated carbocycles. The maximum absolute atomic E-state index is 12.8. The van der Waals surface area contributed by atoms with Crippen LogP contribution in [0.4, 0.5) is 11.4 Å². The second-order valence-electron chi connectivity index (χ2n) is 7.66. The first kappa shape index (κ1) is 19.3. The number of hydrogen-bond donors (Lipinski definition) is 2. The molecule has 5 nitrogen and oxygen atoms in total. The van der Waals surface area contributed by atoms with Crippen LogP contribution < -0.4 is 10.2 Å². The lowest BCUT2D eigenvalue weighted by atomic mass is 9.65. The molecule has 1 aromatic rings. The Bertz CT molecular complexity index is 635. The quantitative estimate of drug-likeness (QED) is 0.817. The second kappa shape index (κ2) is 7.06. The number of hydrogen-bond acceptors (Lipinski definition) is 3. The topological polar surface area (TPSA) is 69.6 Å². The van der Waals surface area contributed by atoms with Crippen molar-refractivity contribution in [3.05, 3.63) is 24.3 Å². The molecule has 0 heterocycles. The summed E-state index contributed by atoms with van der Waals surface area (Å²) >= 11 is 0. The van der Waals surface area contributed by atoms with E-state index in [1.54, 1.807) is 6.92 Å². The van der Waals surface area contributed by atoms with Crippen molar-refractivity contribution in [1.29, 1.82) is 0 Å². The van der Waals surface area contributed by atoms with Crippen LogP contribution in [0.15, 0.2) is 24.3 Å². The highest BCUT2D eigenvalue weighted by molar-refractivity contribution is 5.94. The summed E-state index contributed by atoms with van der Waals surface area (Å²) < 4.78 is 0. The lowest BCUT2D eigenvalue weighted by molar-refractivity contribution is -0.154. The normalized spacial score (nSPS) is 24.8. The maximum Gasteiger partial charge on any atom is 0.309 e. The zero-order valence-electron chi connectivity index (χ0n) is 15.9. The van der Waals surface area contributed by atoms with Gasteiger partial charge in [0, 0.05) is 30.4 Å². The van der Waals surface area contributed by atoms with Crippen molar-refractivity contribution in [2.24, 2.45) is 16.7 Å². The van der Waals surface area contributed by atoms with Gasteiger partial charge in [0.15, 0.2) is 0 Å². The van der Waals surface area contributed by atoms with Crippen molar-refractivity contribution in [1.82, 2.24) is 0 Å². The lowest BCUT2D eigenvalue weighted by Gasteiger charge is -2.37. The molecule has 1 amide bonds. The summed E-state index contributed by atoms with van der Waals surface area (Å²) in [7, 11) is 0. The fourth-order valence-corrected chi connectivity index (χ4v) is 3.92. The number of amides is 1. The summed E-state index contributed by atoms with van der Waals surface area (Å²) in [6, 6.07) is 7.82. The highest BCUT2D eigenvalue weighted by Crippen LogP contribution is 2.56. The number of carboxylic acids is 1. The van der Waals surface area contributed by atoms with Gasteiger partial charge in [-0.05, 0) is 63.3 Å². The van der Waals surface area contributed by atoms with Crippen molar-refractivity contribution < 1.29 is 14.7 Å². The summed E-state index contributed by atoms with van der Waals surface area (Å²) in [6.45, 7) is 11.6. The molecule has 1 aromatic carbocycles. The van der Waals surface area contributed by atoms with E-state index in [4.69, 9.17) is 0 Å². The molecule has 0 spiro atoms. The Morgan fingerprint density at radius 1 is 1.16 bits per heavy atom. The molecule has 138 valence electrons. The average molecular weight is 346 g/mol. The summed E-state index contributed by atoms with van der Waals surface area (Å²) in [5.41, 5.74) is 0.411. The van der Waals surface area contributed by atoms with E-state index >= 15 is 0 Å². The van der Waals surface area contributed by atoms with Crippen LogP contribution in [0.25, 0.3) is 0 Å². The van der Waals surface area contributed by atoms with Crippen molar-refractivity contribution >= 4 is 23.3 Å². The van der Waals surface area contributed by atoms with Gasteiger partial charge in [0.2, 0.25) is 5.91 Å². The van der Waals surface area contributed by atoms with E-state index in [1.807, 2.05) is 38.1 Å². The number of carbonyl (C=O) groups is 2. The molecular weight excluding hydrogens is 316 g/mol. The zero-order valence-corrected chi connectivity index (χ0v) is 15.9. The number of benzene rings is 1. The Kier molecular flexibility index (Phi) is 5.45. The first-order valence-electron chi connectivity index (χ1n) is 9.06. The number of carbonyl (C=O) groups excluding carboxylic acids is 1. The molecule has 1 aliphatic carbocycles. The molecule has 0 saturated heterocycles. The number of nitrogens with one attached hydrogen (secondary N) is 1. The van der Waals surface area contributed by atoms with Gasteiger partial charge in [0.25, 0.3) is 0 Å². The van der Waals surface area contributed by atoms with Crippen molar-refractivity contribution in [2.75, 3.05) is 23.3 Å². The van der Waals surface area contributed by atoms with Crippen molar-refractivity contribution in [2.45, 2.75) is 47.5 Å². The molecule has 5 heteroatoms. The van der Waals surface area contributed by atoms with E-state index in [9.17, 15) is 14.7 Å². The lowest BCUT2D eigenvalue weighted by Crippen LogP contribution is -2.43. The first-order valence-corrected chi connectivity index (χ1v) is 9.06. The SMILES string of the molecule is CCN(CC)c1ccc(NC(=O)[C@H]2CC[C@](C)(C(=O)O)C2(C)C)cc1. The molecule has 0 aliphatic heterocycles. The Hall–Kier alpha value is -2.04. The van der Waals surface area contributed by atoms with Crippen molar-refractivity contribution in [3.63, 3.8) is 0 Å². The Morgan fingerprint density at radius 2 is 1.72 bits per heavy atom. The maximum atomic E-state index is 12.8. The Labute approximate surface area is 150 Å². The van der Waals surface area contributed by atoms with E-state index in [-0.39, 0.29) is 11.8 Å². The van der Waals surface area contributed by atoms with Crippen LogP contribution in [0.2, 0.25) is 0 Å². The predicted molar refractivity (Wildman–Crippen MR) is 101 cm³/mol. The molecule has 0 bridgehead atoms. The molecular formula is C20H30N2O3. The van der Waals surface area contributed by atoms with Crippen LogP contribution in [-0.2, 0) is 9.59 Å². The number of rotatable bonds is 6. The molecule has 2 atom stereocenters. The van der Waals surface area contributed by atoms with Crippen LogP contribution in [0, 0.1) is 16.7 Å². The number of aliphatic carboxylic acids is 1. The van der Waals surface area contributed by atoms with Crippen molar-refractivity contribution in [3.8, 4) is 0 Å². The summed E-state index contributed by atoms with van der Waals surface area (Å²) in [5, 5.41) is 12.6. The van der Waals surface area contributed by atoms with Gasteiger partial charge >= 0.3 is 5.97 Å². The third-order valence-corrected chi connectivity index (χ3v) is 6.28. The van der Waals surface area contributed by atoms with Gasteiger partial charge in [0.05, 0.1) is 5.41 Å². The predicted octanol–water partition coefficient (Wildman–Crippen LogP) is 4.00. The summed E-state index contributed by atoms with van der Waals surface area (Å²) in [6.07, 6.45) is 1.12. The molecule has 1 aliphatic rings. The molecule has 0 radical (unpaired) electrons. The summed E-state index contributed by atoms with van der Waals surface area (Å²) in [4.78, 5) is 26.7. The van der Waals surface area contributed by atoms with E-state index in [2.05, 4.69) is 24.1 Å². The molecule has 25 heavy (non-hydrogen) atoms. The van der Waals surface area contributed by atoms with Crippen LogP contribution in [0.1, 0.15) is 47.5 Å². The van der Waals surface area contributed by atoms with E-state index < -0.39 is 16.8 Å². The number of nitrogens with zero attached hydrogens (tertiary/aromatic N) is 1. The number of carboxylic acid groups (broad SMARTS) is 1. The monoisotopic (exact) mass is 346 g/mol. The van der Waals surface area contributed by atoms with Crippen LogP contribution in [-0.4, -0.2) is 30.1 Å². The summed E-state index contributed by atoms with van der Waals surface area (Å²) in [5.74, 6) is -1.22. The van der Waals surface area contributed by atoms with Crippen LogP contribution in [0.3, 0.4) is 0 Å². The number of anilines is 2. The smallest absolute Gasteiger partial charge is 0.309 e. The Balaban J connectivity index is 2.11. The van der Waals surface area contributed by atoms with Gasteiger partial charge in [-0.2, -0.15) is 0 Å². The minimum absolute atomic E-state index is 0.0921. The average Bonchev–Trinajstić information content (AvgIpc) is 2.81. The highest BCUT2D eigenvalue weighted by atomic mass is 16.4. The van der Waals surface area contributed by atoms with Gasteiger partial charge in [-0.15, -0.1) is 0 Å². The zero-order chi connectivity index (χ0) is 18.8. The fraction of sp³-hybridized carbons (Fsp3) is 0.600. The van der Waals surface area contributed by atoms with Gasteiger partial charge in [-0.25, -0.2) is 0 Å². The minimum Gasteiger partial charge on any atom is -0.481 e. The van der Waals surface area contributed by atoms with Crippen LogP contribution in [0.5, 0.6) is 0 Å². The third kappa shape index (κ3) is 3.37. The van der Waals surface area contributed by atoms with Gasteiger partial charge in [-0.3, -0.25) is 9.59 Å². The van der Waals surface area contributed by atoms with Gasteiger partial charge in [-0.1, -0.05) is 13.8 Å². The minimum atomic E-state index is -0.873. The molecule has 0 unspecified atom stereocenters. The Morgan fingerprint density at radius 3 is 2.16 bits per heavy atom. The van der Waals surface area contributed by atoms with Crippen LogP contribution >= 0.6 is 0 Å². The second-order valence-corrected chi connectivity index (χ2v) is 7.66. The van der Waals surface area contributed by atoms with Gasteiger partial charge < -0.3 is 15.3 Å². The fourth-order valence-electron chi connectivity index (χ4n) is 3.92. The largest absolute Gasteiger partial charge is 0.481 e. The first-order chi connectivity index (χ1) is 11.7. The molecule has 1 fully saturated rings. The molecule has 2 N–H and O–H groups in total. The standard InChI is InChI=1S/C20H30N2O3/c1-6-22(7-2)15-10-8-14(9-11-15)21-17(23)16-12-13-20(5,18(24)25)19(16,3)4/h8-11,16H,6-7,12-13H2,1-5H3,(H,21,23)(H,24,25)/t16-,20-/m1/s1.